The van der Waals surface area contributed by atoms with Gasteiger partial charge in [0.25, 0.3) is 0 Å². The largest absolute Gasteiger partial charge is 0.396 e. The molecule has 0 heterocycles. The number of likely N-dealkylation sites (N-methyl/N-ethyl adjacent to an activating group) is 1. The second-order valence-electron chi connectivity index (χ2n) is 5.79. The first-order chi connectivity index (χ1) is 8.12. The fraction of sp³-hybridized carbons (Fsp3) is 1.00. The SMILES string of the molecule is CCOCCN(C)CC1(CO)CCCC(C)C1. The minimum absolute atomic E-state index is 0.138. The van der Waals surface area contributed by atoms with Crippen molar-refractivity contribution in [2.45, 2.75) is 39.5 Å². The summed E-state index contributed by atoms with van der Waals surface area (Å²) in [4.78, 5) is 2.31. The summed E-state index contributed by atoms with van der Waals surface area (Å²) in [5.41, 5.74) is 0.138. The maximum atomic E-state index is 9.72. The summed E-state index contributed by atoms with van der Waals surface area (Å²) in [7, 11) is 2.13. The lowest BCUT2D eigenvalue weighted by atomic mass is 9.70. The molecule has 17 heavy (non-hydrogen) atoms. The van der Waals surface area contributed by atoms with E-state index >= 15 is 0 Å². The quantitative estimate of drug-likeness (QED) is 0.695. The monoisotopic (exact) mass is 243 g/mol. The van der Waals surface area contributed by atoms with Crippen molar-refractivity contribution >= 4 is 0 Å². The van der Waals surface area contributed by atoms with Gasteiger partial charge in [-0.05, 0) is 32.7 Å². The Morgan fingerprint density at radius 3 is 2.82 bits per heavy atom. The van der Waals surface area contributed by atoms with E-state index in [1.165, 1.54) is 25.7 Å². The molecule has 0 aliphatic heterocycles. The number of ether oxygens (including phenoxy) is 1. The molecule has 0 amide bonds. The molecule has 0 aromatic rings. The van der Waals surface area contributed by atoms with Crippen molar-refractivity contribution in [3.05, 3.63) is 0 Å². The molecule has 1 aliphatic carbocycles. The van der Waals surface area contributed by atoms with Crippen molar-refractivity contribution in [1.82, 2.24) is 4.90 Å². The van der Waals surface area contributed by atoms with E-state index in [4.69, 9.17) is 4.74 Å². The summed E-state index contributed by atoms with van der Waals surface area (Å²) >= 11 is 0. The van der Waals surface area contributed by atoms with Crippen LogP contribution < -0.4 is 0 Å². The molecule has 0 aromatic carbocycles. The van der Waals surface area contributed by atoms with Gasteiger partial charge in [-0.15, -0.1) is 0 Å². The first-order valence-electron chi connectivity index (χ1n) is 6.99. The Morgan fingerprint density at radius 1 is 1.47 bits per heavy atom. The standard InChI is InChI=1S/C14H29NO2/c1-4-17-9-8-15(3)11-14(12-16)7-5-6-13(2)10-14/h13,16H,4-12H2,1-3H3. The van der Waals surface area contributed by atoms with Gasteiger partial charge in [-0.25, -0.2) is 0 Å². The van der Waals surface area contributed by atoms with E-state index in [0.29, 0.717) is 6.61 Å². The highest BCUT2D eigenvalue weighted by molar-refractivity contribution is 4.87. The van der Waals surface area contributed by atoms with Crippen molar-refractivity contribution in [3.8, 4) is 0 Å². The minimum Gasteiger partial charge on any atom is -0.396 e. The average Bonchev–Trinajstić information content (AvgIpc) is 2.29. The molecular formula is C14H29NO2. The molecule has 1 fully saturated rings. The van der Waals surface area contributed by atoms with Crippen molar-refractivity contribution in [2.75, 3.05) is 40.0 Å². The minimum atomic E-state index is 0.138. The summed E-state index contributed by atoms with van der Waals surface area (Å²) < 4.78 is 5.38. The summed E-state index contributed by atoms with van der Waals surface area (Å²) in [6.07, 6.45) is 4.93. The Kier molecular flexibility index (Phi) is 6.45. The van der Waals surface area contributed by atoms with E-state index in [1.807, 2.05) is 6.92 Å². The van der Waals surface area contributed by atoms with E-state index < -0.39 is 0 Å². The van der Waals surface area contributed by atoms with Gasteiger partial charge in [-0.2, -0.15) is 0 Å². The predicted octanol–water partition coefficient (Wildman–Crippen LogP) is 2.14. The van der Waals surface area contributed by atoms with Gasteiger partial charge < -0.3 is 14.7 Å². The number of rotatable bonds is 7. The second kappa shape index (κ2) is 7.34. The smallest absolute Gasteiger partial charge is 0.0593 e. The molecule has 1 aliphatic rings. The highest BCUT2D eigenvalue weighted by Gasteiger charge is 2.35. The van der Waals surface area contributed by atoms with E-state index in [1.54, 1.807) is 0 Å². The molecule has 0 bridgehead atoms. The summed E-state index contributed by atoms with van der Waals surface area (Å²) in [6.45, 7) is 8.21. The summed E-state index contributed by atoms with van der Waals surface area (Å²) in [5.74, 6) is 0.760. The Balaban J connectivity index is 2.39. The van der Waals surface area contributed by atoms with Gasteiger partial charge in [-0.1, -0.05) is 19.8 Å². The molecule has 0 saturated heterocycles. The molecule has 0 spiro atoms. The molecule has 3 heteroatoms. The van der Waals surface area contributed by atoms with Crippen LogP contribution in [0.3, 0.4) is 0 Å². The third-order valence-electron chi connectivity index (χ3n) is 3.95. The molecule has 1 saturated carbocycles. The molecular weight excluding hydrogens is 214 g/mol. The molecule has 1 rings (SSSR count). The molecule has 102 valence electrons. The maximum absolute atomic E-state index is 9.72. The first-order valence-corrected chi connectivity index (χ1v) is 6.99. The highest BCUT2D eigenvalue weighted by Crippen LogP contribution is 2.39. The van der Waals surface area contributed by atoms with Gasteiger partial charge in [-0.3, -0.25) is 0 Å². The molecule has 0 aromatic heterocycles. The Labute approximate surface area is 106 Å². The van der Waals surface area contributed by atoms with Crippen LogP contribution in [0.25, 0.3) is 0 Å². The lowest BCUT2D eigenvalue weighted by Gasteiger charge is -2.41. The van der Waals surface area contributed by atoms with E-state index in [9.17, 15) is 5.11 Å². The van der Waals surface area contributed by atoms with Gasteiger partial charge >= 0.3 is 0 Å². The van der Waals surface area contributed by atoms with Crippen LogP contribution in [-0.4, -0.2) is 50.0 Å². The number of nitrogens with zero attached hydrogens (tertiary/aromatic N) is 1. The third-order valence-corrected chi connectivity index (χ3v) is 3.95. The van der Waals surface area contributed by atoms with Crippen molar-refractivity contribution in [3.63, 3.8) is 0 Å². The third kappa shape index (κ3) is 4.94. The molecule has 3 nitrogen and oxygen atoms in total. The van der Waals surface area contributed by atoms with Gasteiger partial charge in [0, 0.05) is 31.7 Å². The zero-order chi connectivity index (χ0) is 12.7. The number of hydrogen-bond acceptors (Lipinski definition) is 3. The fourth-order valence-corrected chi connectivity index (χ4v) is 3.12. The van der Waals surface area contributed by atoms with Gasteiger partial charge in [0.2, 0.25) is 0 Å². The number of aliphatic hydroxyl groups excluding tert-OH is 1. The lowest BCUT2D eigenvalue weighted by molar-refractivity contribution is 0.0224. The van der Waals surface area contributed by atoms with Gasteiger partial charge in [0.1, 0.15) is 0 Å². The van der Waals surface area contributed by atoms with Crippen LogP contribution in [0, 0.1) is 11.3 Å². The van der Waals surface area contributed by atoms with Gasteiger partial charge in [0.15, 0.2) is 0 Å². The van der Waals surface area contributed by atoms with Crippen LogP contribution in [0.4, 0.5) is 0 Å². The molecule has 1 N–H and O–H groups in total. The van der Waals surface area contributed by atoms with Crippen LogP contribution >= 0.6 is 0 Å². The molecule has 2 unspecified atom stereocenters. The fourth-order valence-electron chi connectivity index (χ4n) is 3.12. The van der Waals surface area contributed by atoms with Crippen LogP contribution in [0.2, 0.25) is 0 Å². The van der Waals surface area contributed by atoms with Crippen molar-refractivity contribution < 1.29 is 9.84 Å². The average molecular weight is 243 g/mol. The summed E-state index contributed by atoms with van der Waals surface area (Å²) in [6, 6.07) is 0. The van der Waals surface area contributed by atoms with Crippen molar-refractivity contribution in [2.24, 2.45) is 11.3 Å². The number of aliphatic hydroxyl groups is 1. The second-order valence-corrected chi connectivity index (χ2v) is 5.79. The Morgan fingerprint density at radius 2 is 2.24 bits per heavy atom. The van der Waals surface area contributed by atoms with Crippen LogP contribution in [-0.2, 0) is 4.74 Å². The molecule has 2 atom stereocenters. The zero-order valence-corrected chi connectivity index (χ0v) is 11.7. The number of hydrogen-bond donors (Lipinski definition) is 1. The van der Waals surface area contributed by atoms with Crippen LogP contribution in [0.1, 0.15) is 39.5 Å². The lowest BCUT2D eigenvalue weighted by Crippen LogP contribution is -2.42. The van der Waals surface area contributed by atoms with Crippen LogP contribution in [0.5, 0.6) is 0 Å². The Bertz CT molecular complexity index is 210. The topological polar surface area (TPSA) is 32.7 Å². The molecule has 0 radical (unpaired) electrons. The van der Waals surface area contributed by atoms with Crippen LogP contribution in [0.15, 0.2) is 0 Å². The zero-order valence-electron chi connectivity index (χ0n) is 11.7. The van der Waals surface area contributed by atoms with E-state index in [2.05, 4.69) is 18.9 Å². The first kappa shape index (κ1) is 14.9. The van der Waals surface area contributed by atoms with Gasteiger partial charge in [0.05, 0.1) is 6.61 Å². The van der Waals surface area contributed by atoms with Crippen molar-refractivity contribution in [1.29, 1.82) is 0 Å². The Hall–Kier alpha value is -0.120. The predicted molar refractivity (Wildman–Crippen MR) is 71.1 cm³/mol. The van der Waals surface area contributed by atoms with E-state index in [-0.39, 0.29) is 5.41 Å². The summed E-state index contributed by atoms with van der Waals surface area (Å²) in [5, 5.41) is 9.72. The normalized spacial score (nSPS) is 29.8. The maximum Gasteiger partial charge on any atom is 0.0593 e. The van der Waals surface area contributed by atoms with E-state index in [0.717, 1.165) is 32.2 Å². The highest BCUT2D eigenvalue weighted by atomic mass is 16.5.